The Morgan fingerprint density at radius 3 is 2.70 bits per heavy atom. The fraction of sp³-hybridized carbons (Fsp3) is 0.733. The molecule has 1 saturated heterocycles. The van der Waals surface area contributed by atoms with Crippen molar-refractivity contribution in [2.24, 2.45) is 0 Å². The quantitative estimate of drug-likeness (QED) is 0.849. The van der Waals surface area contributed by atoms with E-state index in [2.05, 4.69) is 36.5 Å². The molecule has 20 heavy (non-hydrogen) atoms. The lowest BCUT2D eigenvalue weighted by Gasteiger charge is -2.15. The highest BCUT2D eigenvalue weighted by atomic mass is 32.1. The number of aromatic nitrogens is 1. The zero-order valence-electron chi connectivity index (χ0n) is 12.7. The lowest BCUT2D eigenvalue weighted by Crippen LogP contribution is -2.30. The second kappa shape index (κ2) is 6.68. The SMILES string of the molecule is CC(C)(C)c1nc(CNCCC(=O)N2CCCC2)cs1. The molecule has 2 heterocycles. The van der Waals surface area contributed by atoms with Gasteiger partial charge in [0.2, 0.25) is 5.91 Å². The van der Waals surface area contributed by atoms with Crippen molar-refractivity contribution in [1.29, 1.82) is 0 Å². The van der Waals surface area contributed by atoms with E-state index in [0.717, 1.165) is 44.7 Å². The summed E-state index contributed by atoms with van der Waals surface area (Å²) < 4.78 is 0. The number of likely N-dealkylation sites (tertiary alicyclic amines) is 1. The van der Waals surface area contributed by atoms with Crippen molar-refractivity contribution in [2.75, 3.05) is 19.6 Å². The summed E-state index contributed by atoms with van der Waals surface area (Å²) in [6, 6.07) is 0. The maximum absolute atomic E-state index is 11.9. The molecule has 0 bridgehead atoms. The first-order chi connectivity index (χ1) is 9.47. The number of hydrogen-bond acceptors (Lipinski definition) is 4. The van der Waals surface area contributed by atoms with Gasteiger partial charge in [-0.05, 0) is 12.8 Å². The molecule has 1 fully saturated rings. The molecule has 4 nitrogen and oxygen atoms in total. The van der Waals surface area contributed by atoms with Crippen molar-refractivity contribution >= 4 is 17.2 Å². The van der Waals surface area contributed by atoms with Crippen molar-refractivity contribution in [3.63, 3.8) is 0 Å². The zero-order chi connectivity index (χ0) is 14.6. The average molecular weight is 295 g/mol. The van der Waals surface area contributed by atoms with Crippen LogP contribution in [0.4, 0.5) is 0 Å². The predicted octanol–water partition coefficient (Wildman–Crippen LogP) is 2.54. The van der Waals surface area contributed by atoms with E-state index in [1.54, 1.807) is 11.3 Å². The number of hydrogen-bond donors (Lipinski definition) is 1. The minimum Gasteiger partial charge on any atom is -0.343 e. The van der Waals surface area contributed by atoms with Gasteiger partial charge in [0.15, 0.2) is 0 Å². The van der Waals surface area contributed by atoms with Gasteiger partial charge < -0.3 is 10.2 Å². The molecule has 0 unspecified atom stereocenters. The minimum absolute atomic E-state index is 0.120. The summed E-state index contributed by atoms with van der Waals surface area (Å²) in [4.78, 5) is 18.5. The third-order valence-electron chi connectivity index (χ3n) is 3.47. The lowest BCUT2D eigenvalue weighted by molar-refractivity contribution is -0.130. The summed E-state index contributed by atoms with van der Waals surface area (Å²) in [5.41, 5.74) is 1.20. The number of carbonyl (C=O) groups excluding carboxylic acids is 1. The number of carbonyl (C=O) groups is 1. The van der Waals surface area contributed by atoms with Gasteiger partial charge in [-0.15, -0.1) is 11.3 Å². The second-order valence-electron chi connectivity index (χ2n) is 6.41. The highest BCUT2D eigenvalue weighted by molar-refractivity contribution is 7.09. The molecule has 1 amide bonds. The first-order valence-corrected chi connectivity index (χ1v) is 8.28. The summed E-state index contributed by atoms with van der Waals surface area (Å²) in [5, 5.41) is 6.59. The minimum atomic E-state index is 0.120. The van der Waals surface area contributed by atoms with E-state index >= 15 is 0 Å². The van der Waals surface area contributed by atoms with Crippen LogP contribution in [0.2, 0.25) is 0 Å². The summed E-state index contributed by atoms with van der Waals surface area (Å²) in [6.07, 6.45) is 2.91. The molecule has 0 saturated carbocycles. The third-order valence-corrected chi connectivity index (χ3v) is 4.79. The van der Waals surface area contributed by atoms with Gasteiger partial charge >= 0.3 is 0 Å². The van der Waals surface area contributed by atoms with Crippen LogP contribution in [0.1, 0.15) is 50.7 Å². The van der Waals surface area contributed by atoms with Crippen LogP contribution >= 0.6 is 11.3 Å². The van der Waals surface area contributed by atoms with E-state index in [1.165, 1.54) is 5.01 Å². The van der Waals surface area contributed by atoms with E-state index in [0.29, 0.717) is 6.42 Å². The van der Waals surface area contributed by atoms with E-state index < -0.39 is 0 Å². The maximum atomic E-state index is 11.9. The Kier molecular flexibility index (Phi) is 5.16. The normalized spacial score (nSPS) is 15.8. The smallest absolute Gasteiger partial charge is 0.223 e. The van der Waals surface area contributed by atoms with Crippen molar-refractivity contribution in [2.45, 2.75) is 52.0 Å². The molecule has 1 N–H and O–H groups in total. The zero-order valence-corrected chi connectivity index (χ0v) is 13.6. The van der Waals surface area contributed by atoms with Gasteiger partial charge in [0, 0.05) is 43.4 Å². The van der Waals surface area contributed by atoms with Crippen molar-refractivity contribution < 1.29 is 4.79 Å². The van der Waals surface area contributed by atoms with Crippen molar-refractivity contribution in [3.8, 4) is 0 Å². The second-order valence-corrected chi connectivity index (χ2v) is 7.27. The van der Waals surface area contributed by atoms with Crippen LogP contribution in [0.15, 0.2) is 5.38 Å². The van der Waals surface area contributed by atoms with Gasteiger partial charge in [0.1, 0.15) is 0 Å². The number of thiazole rings is 1. The molecule has 1 aliphatic rings. The molecule has 112 valence electrons. The van der Waals surface area contributed by atoms with Crippen LogP contribution in [-0.4, -0.2) is 35.4 Å². The predicted molar refractivity (Wildman–Crippen MR) is 83.0 cm³/mol. The van der Waals surface area contributed by atoms with Crippen LogP contribution in [0.25, 0.3) is 0 Å². The lowest BCUT2D eigenvalue weighted by atomic mass is 9.98. The Bertz CT molecular complexity index is 444. The molecule has 5 heteroatoms. The van der Waals surface area contributed by atoms with Crippen LogP contribution in [0, 0.1) is 0 Å². The molecule has 1 aromatic rings. The first kappa shape index (κ1) is 15.4. The summed E-state index contributed by atoms with van der Waals surface area (Å²) in [7, 11) is 0. The van der Waals surface area contributed by atoms with E-state index in [9.17, 15) is 4.79 Å². The number of nitrogens with zero attached hydrogens (tertiary/aromatic N) is 2. The average Bonchev–Trinajstić information content (AvgIpc) is 3.04. The molecule has 0 radical (unpaired) electrons. The van der Waals surface area contributed by atoms with Gasteiger partial charge in [-0.1, -0.05) is 20.8 Å². The monoisotopic (exact) mass is 295 g/mol. The first-order valence-electron chi connectivity index (χ1n) is 7.40. The van der Waals surface area contributed by atoms with E-state index in [1.807, 2.05) is 4.90 Å². The van der Waals surface area contributed by atoms with Crippen molar-refractivity contribution in [3.05, 3.63) is 16.1 Å². The van der Waals surface area contributed by atoms with Crippen LogP contribution in [0.3, 0.4) is 0 Å². The van der Waals surface area contributed by atoms with Gasteiger partial charge in [-0.3, -0.25) is 4.79 Å². The maximum Gasteiger partial charge on any atom is 0.223 e. The van der Waals surface area contributed by atoms with Gasteiger partial charge in [0.25, 0.3) is 0 Å². The Morgan fingerprint density at radius 2 is 2.10 bits per heavy atom. The summed E-state index contributed by atoms with van der Waals surface area (Å²) in [6.45, 7) is 9.91. The largest absolute Gasteiger partial charge is 0.343 e. The van der Waals surface area contributed by atoms with E-state index in [4.69, 9.17) is 0 Å². The van der Waals surface area contributed by atoms with Crippen LogP contribution in [0.5, 0.6) is 0 Å². The van der Waals surface area contributed by atoms with E-state index in [-0.39, 0.29) is 11.3 Å². The highest BCUT2D eigenvalue weighted by Crippen LogP contribution is 2.25. The number of amides is 1. The Hall–Kier alpha value is -0.940. The standard InChI is InChI=1S/C15H25N3OS/c1-15(2,3)14-17-12(11-20-14)10-16-7-6-13(19)18-8-4-5-9-18/h11,16H,4-10H2,1-3H3. The fourth-order valence-electron chi connectivity index (χ4n) is 2.27. The molecule has 0 aromatic carbocycles. The molecule has 2 rings (SSSR count). The summed E-state index contributed by atoms with van der Waals surface area (Å²) >= 11 is 1.71. The Balaban J connectivity index is 1.68. The fourth-order valence-corrected chi connectivity index (χ4v) is 3.18. The molecule has 0 aliphatic carbocycles. The Labute approximate surface area is 125 Å². The molecular weight excluding hydrogens is 270 g/mol. The highest BCUT2D eigenvalue weighted by Gasteiger charge is 2.18. The Morgan fingerprint density at radius 1 is 1.40 bits per heavy atom. The molecule has 0 spiro atoms. The van der Waals surface area contributed by atoms with Gasteiger partial charge in [-0.2, -0.15) is 0 Å². The van der Waals surface area contributed by atoms with Gasteiger partial charge in [-0.25, -0.2) is 4.98 Å². The number of rotatable bonds is 5. The topological polar surface area (TPSA) is 45.2 Å². The molecular formula is C15H25N3OS. The third kappa shape index (κ3) is 4.28. The molecule has 1 aromatic heterocycles. The molecule has 0 atom stereocenters. The van der Waals surface area contributed by atoms with Crippen molar-refractivity contribution in [1.82, 2.24) is 15.2 Å². The van der Waals surface area contributed by atoms with Crippen LogP contribution in [-0.2, 0) is 16.8 Å². The van der Waals surface area contributed by atoms with Crippen LogP contribution < -0.4 is 5.32 Å². The summed E-state index contributed by atoms with van der Waals surface area (Å²) in [5.74, 6) is 0.281. The van der Waals surface area contributed by atoms with Gasteiger partial charge in [0.05, 0.1) is 10.7 Å². The molecule has 1 aliphatic heterocycles. The number of nitrogens with one attached hydrogen (secondary N) is 1.